The summed E-state index contributed by atoms with van der Waals surface area (Å²) in [5, 5.41) is 23.9. The average molecular weight is 274 g/mol. The summed E-state index contributed by atoms with van der Waals surface area (Å²) < 4.78 is 32.3. The zero-order chi connectivity index (χ0) is 14.1. The van der Waals surface area contributed by atoms with Gasteiger partial charge in [0.15, 0.2) is 0 Å². The molecule has 1 rings (SSSR count). The highest BCUT2D eigenvalue weighted by atomic mass is 32.2. The molecule has 0 aliphatic heterocycles. The maximum absolute atomic E-state index is 11.5. The summed E-state index contributed by atoms with van der Waals surface area (Å²) in [6.07, 6.45) is 0. The van der Waals surface area contributed by atoms with Crippen LogP contribution in [0.15, 0.2) is 17.0 Å². The van der Waals surface area contributed by atoms with Crippen molar-refractivity contribution < 1.29 is 27.8 Å². The quantitative estimate of drug-likeness (QED) is 0.444. The van der Waals surface area contributed by atoms with E-state index in [1.807, 2.05) is 5.32 Å². The number of carbonyl (C=O) groups excluding carboxylic acids is 1. The zero-order valence-electron chi connectivity index (χ0n) is 8.87. The first kappa shape index (κ1) is 13.9. The summed E-state index contributed by atoms with van der Waals surface area (Å²) in [6, 6.07) is 0.940. The minimum absolute atomic E-state index is 0.357. The second-order valence-corrected chi connectivity index (χ2v) is 4.59. The Morgan fingerprint density at radius 1 is 1.39 bits per heavy atom. The number of anilines is 1. The van der Waals surface area contributed by atoms with Crippen LogP contribution in [-0.4, -0.2) is 23.8 Å². The standard InChI is InChI=1S/C8H8N2O7S/c1-4(11)9-6-2-5(18(15,16)17)3-7(8(6)12)10(13)14/h2-3,12H,1H3,(H,9,11)(H,15,16,17)/p-2. The number of rotatable bonds is 3. The van der Waals surface area contributed by atoms with E-state index in [0.29, 0.717) is 12.1 Å². The van der Waals surface area contributed by atoms with Crippen LogP contribution in [0.1, 0.15) is 6.92 Å². The smallest absolute Gasteiger partial charge is 0.265 e. The number of hydrogen-bond acceptors (Lipinski definition) is 7. The maximum Gasteiger partial charge on any atom is 0.265 e. The number of nitro groups is 1. The Hall–Kier alpha value is -2.20. The molecular formula is C8H6N2O7S-2. The molecule has 0 heterocycles. The molecule has 0 saturated heterocycles. The summed E-state index contributed by atoms with van der Waals surface area (Å²) in [7, 11) is -4.98. The molecule has 0 aliphatic carbocycles. The Morgan fingerprint density at radius 3 is 2.33 bits per heavy atom. The van der Waals surface area contributed by atoms with E-state index in [1.54, 1.807) is 0 Å². The predicted molar refractivity (Wildman–Crippen MR) is 54.8 cm³/mol. The van der Waals surface area contributed by atoms with E-state index in [2.05, 4.69) is 0 Å². The molecule has 0 unspecified atom stereocenters. The Bertz CT molecular complexity index is 623. The Morgan fingerprint density at radius 2 is 1.94 bits per heavy atom. The van der Waals surface area contributed by atoms with Gasteiger partial charge in [0.25, 0.3) is 5.69 Å². The summed E-state index contributed by atoms with van der Waals surface area (Å²) in [5.41, 5.74) is -1.73. The first-order valence-corrected chi connectivity index (χ1v) is 5.76. The van der Waals surface area contributed by atoms with Gasteiger partial charge in [-0.25, -0.2) is 8.42 Å². The third-order valence-corrected chi connectivity index (χ3v) is 2.65. The van der Waals surface area contributed by atoms with Gasteiger partial charge in [0.1, 0.15) is 10.1 Å². The second-order valence-electron chi connectivity index (χ2n) is 3.21. The van der Waals surface area contributed by atoms with E-state index < -0.39 is 43.0 Å². The molecule has 18 heavy (non-hydrogen) atoms. The number of carbonyl (C=O) groups is 1. The third kappa shape index (κ3) is 2.93. The summed E-state index contributed by atoms with van der Waals surface area (Å²) in [5.74, 6) is -1.91. The van der Waals surface area contributed by atoms with Crippen molar-refractivity contribution in [3.63, 3.8) is 0 Å². The summed E-state index contributed by atoms with van der Waals surface area (Å²) in [6.45, 7) is 1.02. The van der Waals surface area contributed by atoms with Crippen molar-refractivity contribution in [3.8, 4) is 5.75 Å². The minimum atomic E-state index is -4.98. The van der Waals surface area contributed by atoms with Crippen LogP contribution in [0, 0.1) is 10.1 Å². The van der Waals surface area contributed by atoms with Gasteiger partial charge in [0.05, 0.1) is 9.82 Å². The molecule has 0 spiro atoms. The molecule has 0 saturated carbocycles. The van der Waals surface area contributed by atoms with Crippen molar-refractivity contribution in [2.24, 2.45) is 0 Å². The van der Waals surface area contributed by atoms with Crippen molar-refractivity contribution in [1.82, 2.24) is 0 Å². The molecule has 0 aliphatic rings. The van der Waals surface area contributed by atoms with Crippen molar-refractivity contribution in [1.29, 1.82) is 0 Å². The van der Waals surface area contributed by atoms with Crippen molar-refractivity contribution >= 4 is 27.4 Å². The lowest BCUT2D eigenvalue weighted by molar-refractivity contribution is -0.398. The number of nitrogens with one attached hydrogen (secondary N) is 1. The molecule has 0 radical (unpaired) electrons. The highest BCUT2D eigenvalue weighted by Crippen LogP contribution is 2.34. The molecule has 1 aromatic carbocycles. The first-order valence-electron chi connectivity index (χ1n) is 4.36. The van der Waals surface area contributed by atoms with Gasteiger partial charge in [0.2, 0.25) is 5.91 Å². The molecule has 0 bridgehead atoms. The largest absolute Gasteiger partial charge is 0.866 e. The third-order valence-electron chi connectivity index (χ3n) is 1.84. The van der Waals surface area contributed by atoms with Gasteiger partial charge in [-0.3, -0.25) is 14.9 Å². The number of nitro benzene ring substituents is 1. The van der Waals surface area contributed by atoms with Crippen molar-refractivity contribution in [2.75, 3.05) is 5.32 Å². The van der Waals surface area contributed by atoms with E-state index in [4.69, 9.17) is 0 Å². The lowest BCUT2D eigenvalue weighted by Crippen LogP contribution is -2.12. The monoisotopic (exact) mass is 274 g/mol. The van der Waals surface area contributed by atoms with E-state index in [9.17, 15) is 33.0 Å². The molecule has 0 aromatic heterocycles. The van der Waals surface area contributed by atoms with Gasteiger partial charge in [0, 0.05) is 18.7 Å². The van der Waals surface area contributed by atoms with Crippen LogP contribution in [0.3, 0.4) is 0 Å². The van der Waals surface area contributed by atoms with E-state index in [1.165, 1.54) is 0 Å². The van der Waals surface area contributed by atoms with Gasteiger partial charge in [-0.05, 0) is 11.8 Å². The molecule has 0 fully saturated rings. The van der Waals surface area contributed by atoms with Crippen LogP contribution in [0.25, 0.3) is 0 Å². The first-order chi connectivity index (χ1) is 8.12. The van der Waals surface area contributed by atoms with Crippen molar-refractivity contribution in [3.05, 3.63) is 22.2 Å². The normalized spacial score (nSPS) is 11.0. The minimum Gasteiger partial charge on any atom is -0.866 e. The van der Waals surface area contributed by atoms with E-state index >= 15 is 0 Å². The number of hydrogen-bond donors (Lipinski definition) is 1. The molecule has 0 atom stereocenters. The molecule has 1 aromatic rings. The van der Waals surface area contributed by atoms with Crippen LogP contribution < -0.4 is 10.4 Å². The summed E-state index contributed by atoms with van der Waals surface area (Å²) in [4.78, 5) is 19.2. The van der Waals surface area contributed by atoms with Gasteiger partial charge >= 0.3 is 0 Å². The highest BCUT2D eigenvalue weighted by molar-refractivity contribution is 7.85. The second kappa shape index (κ2) is 4.58. The Kier molecular flexibility index (Phi) is 3.53. The lowest BCUT2D eigenvalue weighted by atomic mass is 10.2. The van der Waals surface area contributed by atoms with Gasteiger partial charge in [-0.15, -0.1) is 0 Å². The number of amides is 1. The van der Waals surface area contributed by atoms with E-state index in [-0.39, 0.29) is 0 Å². The average Bonchev–Trinajstić information content (AvgIpc) is 2.18. The van der Waals surface area contributed by atoms with E-state index in [0.717, 1.165) is 6.92 Å². The molecule has 1 amide bonds. The highest BCUT2D eigenvalue weighted by Gasteiger charge is 2.16. The van der Waals surface area contributed by atoms with Crippen LogP contribution in [-0.2, 0) is 14.9 Å². The van der Waals surface area contributed by atoms with Crippen LogP contribution >= 0.6 is 0 Å². The topological polar surface area (TPSA) is 152 Å². The van der Waals surface area contributed by atoms with Gasteiger partial charge in [-0.1, -0.05) is 0 Å². The van der Waals surface area contributed by atoms with Crippen LogP contribution in [0.2, 0.25) is 0 Å². The van der Waals surface area contributed by atoms with Gasteiger partial charge in [-0.2, -0.15) is 0 Å². The number of nitrogens with zero attached hydrogens (tertiary/aromatic N) is 1. The Labute approximate surface area is 101 Å². The van der Waals surface area contributed by atoms with Crippen LogP contribution in [0.5, 0.6) is 5.75 Å². The fraction of sp³-hybridized carbons (Fsp3) is 0.125. The molecular weight excluding hydrogens is 268 g/mol. The molecule has 98 valence electrons. The Balaban J connectivity index is 3.56. The molecule has 1 N–H and O–H groups in total. The maximum atomic E-state index is 11.5. The fourth-order valence-corrected chi connectivity index (χ4v) is 1.67. The molecule has 10 heteroatoms. The lowest BCUT2D eigenvalue weighted by Gasteiger charge is -2.16. The SMILES string of the molecule is CC(=O)Nc1cc(S(=O)(=O)[O-])cc([N+](=O)[O-])c1[O-]. The predicted octanol–water partition coefficient (Wildman–Crippen LogP) is -0.469. The van der Waals surface area contributed by atoms with Gasteiger partial charge < -0.3 is 15.0 Å². The summed E-state index contributed by atoms with van der Waals surface area (Å²) >= 11 is 0. The molecule has 9 nitrogen and oxygen atoms in total. The zero-order valence-corrected chi connectivity index (χ0v) is 9.68. The van der Waals surface area contributed by atoms with Crippen molar-refractivity contribution in [2.45, 2.75) is 11.8 Å². The fourth-order valence-electron chi connectivity index (χ4n) is 1.15. The van der Waals surface area contributed by atoms with Crippen LogP contribution in [0.4, 0.5) is 11.4 Å². The number of benzene rings is 1.